The summed E-state index contributed by atoms with van der Waals surface area (Å²) in [4.78, 5) is 4.24. The minimum atomic E-state index is -0.643. The maximum Gasteiger partial charge on any atom is 0.159 e. The Morgan fingerprint density at radius 2 is 1.89 bits per heavy atom. The summed E-state index contributed by atoms with van der Waals surface area (Å²) in [5, 5.41) is 0.926. The Labute approximate surface area is 117 Å². The van der Waals surface area contributed by atoms with E-state index in [0.717, 1.165) is 11.8 Å². The summed E-state index contributed by atoms with van der Waals surface area (Å²) in [6.07, 6.45) is 1.47. The molecule has 0 amide bonds. The smallest absolute Gasteiger partial charge is 0.159 e. The van der Waals surface area contributed by atoms with Crippen LogP contribution in [0.5, 0.6) is 0 Å². The molecule has 0 aliphatic carbocycles. The summed E-state index contributed by atoms with van der Waals surface area (Å²) in [5.74, 6) is -0.643. The van der Waals surface area contributed by atoms with Crippen LogP contribution in [0.25, 0.3) is 0 Å². The number of hydrogen-bond donors (Lipinski definition) is 2. The van der Waals surface area contributed by atoms with Gasteiger partial charge in [-0.25, -0.2) is 9.37 Å². The number of rotatable bonds is 2. The van der Waals surface area contributed by atoms with E-state index in [4.69, 9.17) is 34.7 Å². The van der Waals surface area contributed by atoms with Gasteiger partial charge in [0.2, 0.25) is 0 Å². The summed E-state index contributed by atoms with van der Waals surface area (Å²) >= 11 is 12.5. The van der Waals surface area contributed by atoms with Crippen molar-refractivity contribution in [2.24, 2.45) is 0 Å². The number of aromatic nitrogens is 1. The van der Waals surface area contributed by atoms with E-state index in [9.17, 15) is 4.39 Å². The topological polar surface area (TPSA) is 64.9 Å². The van der Waals surface area contributed by atoms with Crippen molar-refractivity contribution in [1.82, 2.24) is 4.98 Å². The number of pyridine rings is 1. The molecular formula is C11H8Cl2FN3S. The molecule has 1 heterocycles. The van der Waals surface area contributed by atoms with Crippen LogP contribution in [0.1, 0.15) is 0 Å². The normalized spacial score (nSPS) is 10.6. The van der Waals surface area contributed by atoms with Gasteiger partial charge in [-0.1, -0.05) is 35.0 Å². The van der Waals surface area contributed by atoms with Crippen LogP contribution in [-0.2, 0) is 0 Å². The molecule has 94 valence electrons. The van der Waals surface area contributed by atoms with Crippen molar-refractivity contribution in [3.8, 4) is 0 Å². The van der Waals surface area contributed by atoms with Crippen molar-refractivity contribution >= 4 is 46.3 Å². The molecule has 0 aliphatic rings. The molecule has 2 rings (SSSR count). The van der Waals surface area contributed by atoms with E-state index < -0.39 is 5.82 Å². The number of anilines is 2. The Bertz CT molecular complexity index is 590. The molecule has 1 aromatic heterocycles. The van der Waals surface area contributed by atoms with E-state index in [2.05, 4.69) is 4.98 Å². The largest absolute Gasteiger partial charge is 0.398 e. The molecule has 1 aromatic carbocycles. The van der Waals surface area contributed by atoms with Gasteiger partial charge < -0.3 is 11.5 Å². The SMILES string of the molecule is Nc1cc(N)c(Sc2ccc(Cl)cn2)c(F)c1Cl. The number of halogens is 3. The fourth-order valence-corrected chi connectivity index (χ4v) is 2.42. The van der Waals surface area contributed by atoms with Crippen LogP contribution >= 0.6 is 35.0 Å². The molecule has 0 atom stereocenters. The lowest BCUT2D eigenvalue weighted by Gasteiger charge is -2.09. The molecule has 0 spiro atoms. The average molecular weight is 304 g/mol. The minimum Gasteiger partial charge on any atom is -0.398 e. The fourth-order valence-electron chi connectivity index (χ4n) is 1.28. The third-order valence-corrected chi connectivity index (χ3v) is 3.80. The predicted octanol–water partition coefficient (Wildman–Crippen LogP) is 3.84. The van der Waals surface area contributed by atoms with E-state index in [0.29, 0.717) is 10.0 Å². The maximum atomic E-state index is 13.9. The van der Waals surface area contributed by atoms with Crippen LogP contribution in [-0.4, -0.2) is 4.98 Å². The first-order chi connectivity index (χ1) is 8.49. The number of nitrogens with zero attached hydrogens (tertiary/aromatic N) is 1. The number of benzene rings is 1. The van der Waals surface area contributed by atoms with Gasteiger partial charge in [-0.2, -0.15) is 0 Å². The Hall–Kier alpha value is -1.17. The molecule has 0 saturated carbocycles. The first kappa shape index (κ1) is 13.3. The standard InChI is InChI=1S/C11H8Cl2FN3S/c12-5-1-2-8(17-4-5)18-11-7(16)3-6(15)9(13)10(11)14/h1-4H,15-16H2. The molecule has 7 heteroatoms. The number of hydrogen-bond acceptors (Lipinski definition) is 4. The van der Waals surface area contributed by atoms with E-state index in [1.165, 1.54) is 12.3 Å². The zero-order valence-corrected chi connectivity index (χ0v) is 11.3. The molecule has 2 aromatic rings. The van der Waals surface area contributed by atoms with Crippen LogP contribution in [0.15, 0.2) is 34.3 Å². The third-order valence-electron chi connectivity index (χ3n) is 2.13. The van der Waals surface area contributed by atoms with Gasteiger partial charge in [-0.3, -0.25) is 0 Å². The van der Waals surface area contributed by atoms with Gasteiger partial charge >= 0.3 is 0 Å². The van der Waals surface area contributed by atoms with Gasteiger partial charge in [0.1, 0.15) is 10.0 Å². The van der Waals surface area contributed by atoms with Crippen molar-refractivity contribution in [2.45, 2.75) is 9.92 Å². The van der Waals surface area contributed by atoms with Crippen molar-refractivity contribution in [1.29, 1.82) is 0 Å². The van der Waals surface area contributed by atoms with E-state index in [1.807, 2.05) is 0 Å². The zero-order valence-electron chi connectivity index (χ0n) is 8.95. The molecule has 0 fully saturated rings. The van der Waals surface area contributed by atoms with Crippen molar-refractivity contribution < 1.29 is 4.39 Å². The van der Waals surface area contributed by atoms with Crippen molar-refractivity contribution in [3.63, 3.8) is 0 Å². The first-order valence-corrected chi connectivity index (χ1v) is 6.38. The second-order valence-corrected chi connectivity index (χ2v) is 5.27. The van der Waals surface area contributed by atoms with Crippen LogP contribution < -0.4 is 11.5 Å². The second-order valence-electron chi connectivity index (χ2n) is 3.43. The van der Waals surface area contributed by atoms with Gasteiger partial charge in [-0.05, 0) is 18.2 Å². The summed E-state index contributed by atoms with van der Waals surface area (Å²) < 4.78 is 13.9. The van der Waals surface area contributed by atoms with Crippen molar-refractivity contribution in [3.05, 3.63) is 40.3 Å². The average Bonchev–Trinajstić information content (AvgIpc) is 2.34. The quantitative estimate of drug-likeness (QED) is 0.827. The highest BCUT2D eigenvalue weighted by Crippen LogP contribution is 2.39. The minimum absolute atomic E-state index is 0.111. The number of nitrogens with two attached hydrogens (primary N) is 2. The van der Waals surface area contributed by atoms with E-state index in [1.54, 1.807) is 12.1 Å². The Kier molecular flexibility index (Phi) is 3.85. The first-order valence-electron chi connectivity index (χ1n) is 4.81. The fraction of sp³-hybridized carbons (Fsp3) is 0. The molecule has 0 bridgehead atoms. The van der Waals surface area contributed by atoms with Gasteiger partial charge in [0.15, 0.2) is 5.82 Å². The highest BCUT2D eigenvalue weighted by atomic mass is 35.5. The van der Waals surface area contributed by atoms with Crippen LogP contribution in [0, 0.1) is 5.82 Å². The highest BCUT2D eigenvalue weighted by Gasteiger charge is 2.15. The maximum absolute atomic E-state index is 13.9. The van der Waals surface area contributed by atoms with Gasteiger partial charge in [0, 0.05) is 6.20 Å². The molecular weight excluding hydrogens is 296 g/mol. The van der Waals surface area contributed by atoms with Crippen molar-refractivity contribution in [2.75, 3.05) is 11.5 Å². The summed E-state index contributed by atoms with van der Waals surface area (Å²) in [5.41, 5.74) is 11.6. The molecule has 0 radical (unpaired) electrons. The Morgan fingerprint density at radius 1 is 1.17 bits per heavy atom. The second kappa shape index (κ2) is 5.22. The van der Waals surface area contributed by atoms with Gasteiger partial charge in [-0.15, -0.1) is 0 Å². The molecule has 0 saturated heterocycles. The highest BCUT2D eigenvalue weighted by molar-refractivity contribution is 7.99. The number of nitrogen functional groups attached to an aromatic ring is 2. The van der Waals surface area contributed by atoms with Gasteiger partial charge in [0.25, 0.3) is 0 Å². The predicted molar refractivity (Wildman–Crippen MR) is 73.6 cm³/mol. The van der Waals surface area contributed by atoms with Crippen LogP contribution in [0.4, 0.5) is 15.8 Å². The zero-order chi connectivity index (χ0) is 13.3. The lowest BCUT2D eigenvalue weighted by Crippen LogP contribution is -1.98. The Morgan fingerprint density at radius 3 is 2.50 bits per heavy atom. The third kappa shape index (κ3) is 2.63. The summed E-state index contributed by atoms with van der Waals surface area (Å²) in [6, 6.07) is 4.74. The van der Waals surface area contributed by atoms with Crippen LogP contribution in [0.3, 0.4) is 0 Å². The molecule has 0 aliphatic heterocycles. The lowest BCUT2D eigenvalue weighted by atomic mass is 10.3. The van der Waals surface area contributed by atoms with Crippen LogP contribution in [0.2, 0.25) is 10.0 Å². The molecule has 4 N–H and O–H groups in total. The Balaban J connectivity index is 2.40. The lowest BCUT2D eigenvalue weighted by molar-refractivity contribution is 0.604. The monoisotopic (exact) mass is 303 g/mol. The molecule has 3 nitrogen and oxygen atoms in total. The summed E-state index contributed by atoms with van der Waals surface area (Å²) in [6.45, 7) is 0. The molecule has 0 unspecified atom stereocenters. The molecule has 18 heavy (non-hydrogen) atoms. The van der Waals surface area contributed by atoms with E-state index >= 15 is 0 Å². The van der Waals surface area contributed by atoms with E-state index in [-0.39, 0.29) is 21.3 Å². The summed E-state index contributed by atoms with van der Waals surface area (Å²) in [7, 11) is 0. The van der Waals surface area contributed by atoms with Gasteiger partial charge in [0.05, 0.1) is 21.3 Å².